The molecule has 4 rings (SSSR count). The van der Waals surface area contributed by atoms with Gasteiger partial charge in [0.25, 0.3) is 0 Å². The summed E-state index contributed by atoms with van der Waals surface area (Å²) in [5, 5.41) is 6.87. The number of carbonyl (C=O) groups excluding carboxylic acids is 1. The molecule has 1 aromatic carbocycles. The number of nitrogens with zero attached hydrogens (tertiary/aromatic N) is 5. The summed E-state index contributed by atoms with van der Waals surface area (Å²) in [7, 11) is 0. The largest absolute Gasteiger partial charge is 0.369 e. The first-order valence-electron chi connectivity index (χ1n) is 13.4. The van der Waals surface area contributed by atoms with Crippen molar-refractivity contribution in [2.75, 3.05) is 18.4 Å². The summed E-state index contributed by atoms with van der Waals surface area (Å²) < 4.78 is 16.8. The summed E-state index contributed by atoms with van der Waals surface area (Å²) in [5.41, 5.74) is 6.28. The first kappa shape index (κ1) is 29.3. The van der Waals surface area contributed by atoms with Crippen molar-refractivity contribution in [1.82, 2.24) is 19.8 Å². The maximum Gasteiger partial charge on any atom is 0.224 e. The Balaban J connectivity index is 1.69. The number of amides is 1. The molecule has 4 N–H and O–H groups in total. The van der Waals surface area contributed by atoms with Crippen molar-refractivity contribution in [2.45, 2.75) is 77.4 Å². The number of anilines is 2. The molecule has 2 fully saturated rings. The van der Waals surface area contributed by atoms with Gasteiger partial charge in [-0.3, -0.25) is 14.3 Å². The number of aromatic nitrogens is 2. The molecule has 212 valence electrons. The van der Waals surface area contributed by atoms with E-state index in [-0.39, 0.29) is 39.6 Å². The van der Waals surface area contributed by atoms with Gasteiger partial charge in [-0.25, -0.2) is 14.4 Å². The number of hydrogen-bond donors (Lipinski definition) is 3. The van der Waals surface area contributed by atoms with Crippen molar-refractivity contribution < 1.29 is 9.18 Å². The maximum absolute atomic E-state index is 14.8. The molecule has 12 heteroatoms. The van der Waals surface area contributed by atoms with E-state index in [2.05, 4.69) is 41.1 Å². The number of benzene rings is 1. The third-order valence-electron chi connectivity index (χ3n) is 7.64. The lowest BCUT2D eigenvalue weighted by atomic mass is 9.85. The highest BCUT2D eigenvalue weighted by molar-refractivity contribution is 6.36. The molecule has 1 atom stereocenters. The van der Waals surface area contributed by atoms with Crippen LogP contribution < -0.4 is 16.4 Å². The topological polar surface area (TPSA) is 113 Å². The average molecular weight is 580 g/mol. The number of nitrogens with one attached hydrogen (secondary N) is 2. The highest BCUT2D eigenvalue weighted by atomic mass is 35.5. The van der Waals surface area contributed by atoms with Gasteiger partial charge in [-0.2, -0.15) is 4.99 Å². The summed E-state index contributed by atoms with van der Waals surface area (Å²) in [6.07, 6.45) is 4.76. The number of likely N-dealkylation sites (tertiary alicyclic amines) is 1. The molecule has 39 heavy (non-hydrogen) atoms. The third-order valence-corrected chi connectivity index (χ3v) is 8.16. The van der Waals surface area contributed by atoms with Crippen molar-refractivity contribution in [3.05, 3.63) is 33.7 Å². The van der Waals surface area contributed by atoms with Crippen molar-refractivity contribution >= 4 is 59.2 Å². The number of imidazole rings is 1. The number of guanidine groups is 1. The van der Waals surface area contributed by atoms with Crippen LogP contribution in [0, 0.1) is 18.7 Å². The predicted octanol–water partition coefficient (Wildman–Crippen LogP) is 5.75. The van der Waals surface area contributed by atoms with E-state index in [1.165, 1.54) is 12.1 Å². The summed E-state index contributed by atoms with van der Waals surface area (Å²) in [6, 6.07) is 3.27. The summed E-state index contributed by atoms with van der Waals surface area (Å²) >= 11 is 12.3. The zero-order chi connectivity index (χ0) is 28.3. The van der Waals surface area contributed by atoms with Crippen molar-refractivity contribution in [2.24, 2.45) is 21.6 Å². The lowest BCUT2D eigenvalue weighted by Gasteiger charge is -2.35. The van der Waals surface area contributed by atoms with Gasteiger partial charge in [0.15, 0.2) is 5.82 Å². The van der Waals surface area contributed by atoms with Crippen LogP contribution in [0.1, 0.15) is 64.1 Å². The minimum atomic E-state index is -0.593. The molecule has 1 aliphatic heterocycles. The second-order valence-corrected chi connectivity index (χ2v) is 11.5. The molecule has 0 radical (unpaired) electrons. The number of rotatable bonds is 7. The van der Waals surface area contributed by atoms with E-state index in [0.29, 0.717) is 55.1 Å². The van der Waals surface area contributed by atoms with Crippen LogP contribution >= 0.6 is 23.2 Å². The standard InChI is InChI=1S/C27H37Cl2FN8O/c1-15(2)37-11-5-6-19(14-37)34-26(32-4)36-25-16(3)33-27(35-23-21(29)12-18(28)13-22(23)30)38(25)20-9-7-17(8-10-20)24(31)39/h12-13,15,17,19-20H,4-11,14H2,1-3H3,(H2,31,39)(H,33,35)(H,34,36)/t17-,19-,20+/m1/s1. The van der Waals surface area contributed by atoms with Gasteiger partial charge in [0, 0.05) is 35.6 Å². The van der Waals surface area contributed by atoms with Crippen LogP contribution in [0.5, 0.6) is 0 Å². The molecule has 0 spiro atoms. The molecular weight excluding hydrogens is 542 g/mol. The number of nitrogens with two attached hydrogens (primary N) is 1. The first-order valence-corrected chi connectivity index (χ1v) is 14.2. The van der Waals surface area contributed by atoms with E-state index in [0.717, 1.165) is 25.9 Å². The van der Waals surface area contributed by atoms with Gasteiger partial charge in [0.1, 0.15) is 5.82 Å². The predicted molar refractivity (Wildman–Crippen MR) is 156 cm³/mol. The Morgan fingerprint density at radius 1 is 1.23 bits per heavy atom. The number of primary amides is 1. The lowest BCUT2D eigenvalue weighted by Crippen LogP contribution is -2.49. The van der Waals surface area contributed by atoms with E-state index in [1.54, 1.807) is 0 Å². The molecule has 1 saturated carbocycles. The number of piperidine rings is 1. The Morgan fingerprint density at radius 2 is 1.95 bits per heavy atom. The SMILES string of the molecule is C=N/C(=N\c1c(C)nc(Nc2c(F)cc(Cl)cc2Cl)n1[C@H]1CC[C@@H](C(N)=O)CC1)N[C@@H]1CCCN(C(C)C)C1. The number of hydrogen-bond acceptors (Lipinski definition) is 5. The molecule has 2 aliphatic rings. The average Bonchev–Trinajstić information content (AvgIpc) is 3.20. The van der Waals surface area contributed by atoms with Gasteiger partial charge < -0.3 is 16.4 Å². The normalized spacial score (nSPS) is 22.6. The molecule has 1 amide bonds. The Hall–Kier alpha value is -2.69. The van der Waals surface area contributed by atoms with Crippen LogP contribution in [0.2, 0.25) is 10.0 Å². The Kier molecular flexibility index (Phi) is 9.51. The van der Waals surface area contributed by atoms with Crippen LogP contribution in [-0.4, -0.2) is 58.2 Å². The summed E-state index contributed by atoms with van der Waals surface area (Å²) in [6.45, 7) is 12.0. The zero-order valence-electron chi connectivity index (χ0n) is 22.7. The van der Waals surface area contributed by atoms with Crippen LogP contribution in [0.25, 0.3) is 0 Å². The molecule has 0 bridgehead atoms. The van der Waals surface area contributed by atoms with Crippen LogP contribution in [-0.2, 0) is 4.79 Å². The minimum Gasteiger partial charge on any atom is -0.369 e. The first-order chi connectivity index (χ1) is 18.6. The van der Waals surface area contributed by atoms with E-state index < -0.39 is 5.82 Å². The molecule has 2 aromatic rings. The Labute approximate surface area is 239 Å². The van der Waals surface area contributed by atoms with Crippen LogP contribution in [0.3, 0.4) is 0 Å². The number of aryl methyl sites for hydroxylation is 1. The molecule has 2 heterocycles. The van der Waals surface area contributed by atoms with Crippen molar-refractivity contribution in [1.29, 1.82) is 0 Å². The number of halogens is 3. The van der Waals surface area contributed by atoms with E-state index >= 15 is 0 Å². The number of carbonyl (C=O) groups is 1. The molecule has 0 unspecified atom stereocenters. The van der Waals surface area contributed by atoms with Gasteiger partial charge >= 0.3 is 0 Å². The fraction of sp³-hybridized carbons (Fsp3) is 0.556. The molecule has 1 aromatic heterocycles. The molecule has 1 aliphatic carbocycles. The minimum absolute atomic E-state index is 0.0469. The quantitative estimate of drug-likeness (QED) is 0.286. The summed E-state index contributed by atoms with van der Waals surface area (Å²) in [5.74, 6) is 0.333. The van der Waals surface area contributed by atoms with Gasteiger partial charge in [-0.05, 0) is 84.7 Å². The lowest BCUT2D eigenvalue weighted by molar-refractivity contribution is -0.122. The summed E-state index contributed by atoms with van der Waals surface area (Å²) in [4.78, 5) is 28.0. The van der Waals surface area contributed by atoms with E-state index in [1.807, 2.05) is 11.5 Å². The van der Waals surface area contributed by atoms with Gasteiger partial charge in [0.05, 0.1) is 16.4 Å². The smallest absolute Gasteiger partial charge is 0.224 e. The van der Waals surface area contributed by atoms with E-state index in [9.17, 15) is 9.18 Å². The highest BCUT2D eigenvalue weighted by Crippen LogP contribution is 2.40. The van der Waals surface area contributed by atoms with Gasteiger partial charge in [-0.15, -0.1) is 0 Å². The molecule has 1 saturated heterocycles. The third kappa shape index (κ3) is 6.91. The second-order valence-electron chi connectivity index (χ2n) is 10.7. The van der Waals surface area contributed by atoms with Crippen molar-refractivity contribution in [3.63, 3.8) is 0 Å². The van der Waals surface area contributed by atoms with Crippen molar-refractivity contribution in [3.8, 4) is 0 Å². The van der Waals surface area contributed by atoms with Crippen LogP contribution in [0.4, 0.5) is 21.8 Å². The second kappa shape index (κ2) is 12.7. The fourth-order valence-corrected chi connectivity index (χ4v) is 6.00. The Bertz CT molecular complexity index is 1220. The maximum atomic E-state index is 14.8. The fourth-order valence-electron chi connectivity index (χ4n) is 5.49. The van der Waals surface area contributed by atoms with E-state index in [4.69, 9.17) is 38.9 Å². The monoisotopic (exact) mass is 578 g/mol. The van der Waals surface area contributed by atoms with Gasteiger partial charge in [-0.1, -0.05) is 23.2 Å². The highest BCUT2D eigenvalue weighted by Gasteiger charge is 2.30. The number of aliphatic imine (C=N–C) groups is 2. The van der Waals surface area contributed by atoms with Gasteiger partial charge in [0.2, 0.25) is 17.8 Å². The molecule has 9 nitrogen and oxygen atoms in total. The Morgan fingerprint density at radius 3 is 2.56 bits per heavy atom. The molecular formula is C27H37Cl2FN8O. The van der Waals surface area contributed by atoms with Crippen LogP contribution in [0.15, 0.2) is 22.1 Å². The zero-order valence-corrected chi connectivity index (χ0v) is 24.2.